The van der Waals surface area contributed by atoms with E-state index in [9.17, 15) is 13.2 Å². The molecule has 4 rings (SSSR count). The molecule has 0 atom stereocenters. The van der Waals surface area contributed by atoms with E-state index in [2.05, 4.69) is 20.8 Å². The molecule has 2 nitrogen and oxygen atoms in total. The molecule has 172 valence electrons. The fourth-order valence-corrected chi connectivity index (χ4v) is 4.13. The van der Waals surface area contributed by atoms with E-state index in [1.54, 1.807) is 10.6 Å². The summed E-state index contributed by atoms with van der Waals surface area (Å²) in [6.07, 6.45) is -4.47. The van der Waals surface area contributed by atoms with Crippen molar-refractivity contribution in [2.24, 2.45) is 0 Å². The van der Waals surface area contributed by atoms with E-state index in [1.807, 2.05) is 74.8 Å². The van der Waals surface area contributed by atoms with Gasteiger partial charge in [-0.2, -0.15) is 13.2 Å². The molecule has 4 aromatic rings. The van der Waals surface area contributed by atoms with Crippen LogP contribution in [-0.2, 0) is 12.7 Å². The van der Waals surface area contributed by atoms with Crippen molar-refractivity contribution >= 4 is 28.3 Å². The lowest BCUT2D eigenvalue weighted by Crippen LogP contribution is -2.12. The predicted octanol–water partition coefficient (Wildman–Crippen LogP) is 8.08. The van der Waals surface area contributed by atoms with Gasteiger partial charge in [0, 0.05) is 11.0 Å². The second kappa shape index (κ2) is 10.2. The Morgan fingerprint density at radius 1 is 0.788 bits per heavy atom. The lowest BCUT2D eigenvalue weighted by atomic mass is 10.1. The van der Waals surface area contributed by atoms with Crippen LogP contribution in [0.25, 0.3) is 28.2 Å². The number of hydrogen-bond acceptors (Lipinski definition) is 1. The molecular weight excluding hydrogens is 513 g/mol. The van der Waals surface area contributed by atoms with Crippen molar-refractivity contribution in [3.8, 4) is 28.2 Å². The van der Waals surface area contributed by atoms with Gasteiger partial charge in [-0.15, -0.1) is 12.4 Å². The van der Waals surface area contributed by atoms with Crippen molar-refractivity contribution < 1.29 is 13.2 Å². The van der Waals surface area contributed by atoms with Gasteiger partial charge in [0.25, 0.3) is 0 Å². The van der Waals surface area contributed by atoms with E-state index in [-0.39, 0.29) is 18.1 Å². The summed E-state index contributed by atoms with van der Waals surface area (Å²) in [5.74, 6) is 0. The van der Waals surface area contributed by atoms with Crippen molar-refractivity contribution in [1.82, 2.24) is 9.47 Å². The lowest BCUT2D eigenvalue weighted by molar-refractivity contribution is -0.137. The fraction of sp³-hybridized carbons (Fsp3) is 0.154. The van der Waals surface area contributed by atoms with Gasteiger partial charge in [-0.3, -0.25) is 0 Å². The molecular formula is C26H23BrClF3N2. The summed E-state index contributed by atoms with van der Waals surface area (Å²) < 4.78 is 44.5. The molecule has 7 heteroatoms. The molecule has 1 aromatic heterocycles. The highest BCUT2D eigenvalue weighted by molar-refractivity contribution is 9.10. The molecule has 0 bridgehead atoms. The molecule has 0 saturated carbocycles. The molecule has 0 spiro atoms. The normalized spacial score (nSPS) is 11.5. The van der Waals surface area contributed by atoms with E-state index in [4.69, 9.17) is 0 Å². The van der Waals surface area contributed by atoms with Gasteiger partial charge in [-0.05, 0) is 73.3 Å². The second-order valence-corrected chi connectivity index (χ2v) is 8.81. The van der Waals surface area contributed by atoms with E-state index in [0.29, 0.717) is 11.4 Å². The Morgan fingerprint density at radius 3 is 2.06 bits per heavy atom. The molecule has 0 unspecified atom stereocenters. The van der Waals surface area contributed by atoms with Crippen LogP contribution in [0, 0.1) is 0 Å². The third-order valence-electron chi connectivity index (χ3n) is 5.19. The highest BCUT2D eigenvalue weighted by Crippen LogP contribution is 2.39. The minimum Gasteiger partial charge on any atom is -0.309 e. The average molecular weight is 536 g/mol. The van der Waals surface area contributed by atoms with Crippen LogP contribution in [0.4, 0.5) is 13.2 Å². The van der Waals surface area contributed by atoms with E-state index < -0.39 is 11.7 Å². The SMILES string of the molecule is CN(C)Cc1cccc(-c2ccc(-c3ccc(Br)cc3)n2-c2ccccc2C(F)(F)F)c1.Cl. The maximum Gasteiger partial charge on any atom is 0.418 e. The molecule has 0 fully saturated rings. The first kappa shape index (κ1) is 25.1. The minimum atomic E-state index is -4.47. The number of alkyl halides is 3. The van der Waals surface area contributed by atoms with Crippen LogP contribution in [0.1, 0.15) is 11.1 Å². The molecule has 33 heavy (non-hydrogen) atoms. The smallest absolute Gasteiger partial charge is 0.309 e. The van der Waals surface area contributed by atoms with Gasteiger partial charge in [0.1, 0.15) is 0 Å². The number of benzene rings is 3. The van der Waals surface area contributed by atoms with E-state index >= 15 is 0 Å². The van der Waals surface area contributed by atoms with E-state index in [0.717, 1.165) is 33.8 Å². The maximum atomic E-state index is 13.9. The van der Waals surface area contributed by atoms with Crippen molar-refractivity contribution in [1.29, 1.82) is 0 Å². The Bertz CT molecular complexity index is 1230. The van der Waals surface area contributed by atoms with Gasteiger partial charge in [0.2, 0.25) is 0 Å². The second-order valence-electron chi connectivity index (χ2n) is 7.90. The fourth-order valence-electron chi connectivity index (χ4n) is 3.87. The third-order valence-corrected chi connectivity index (χ3v) is 5.72. The van der Waals surface area contributed by atoms with Gasteiger partial charge in [0.05, 0.1) is 22.6 Å². The van der Waals surface area contributed by atoms with Gasteiger partial charge >= 0.3 is 6.18 Å². The van der Waals surface area contributed by atoms with Gasteiger partial charge in [0.15, 0.2) is 0 Å². The van der Waals surface area contributed by atoms with Crippen molar-refractivity contribution in [3.05, 3.63) is 101 Å². The maximum absolute atomic E-state index is 13.9. The Labute approximate surface area is 206 Å². The van der Waals surface area contributed by atoms with Gasteiger partial charge in [-0.25, -0.2) is 0 Å². The number of halogens is 5. The van der Waals surface area contributed by atoms with Crippen LogP contribution in [0.2, 0.25) is 0 Å². The Hall–Kier alpha value is -2.54. The Kier molecular flexibility index (Phi) is 7.73. The first-order chi connectivity index (χ1) is 15.2. The van der Waals surface area contributed by atoms with Crippen LogP contribution >= 0.6 is 28.3 Å². The quantitative estimate of drug-likeness (QED) is 0.251. The third kappa shape index (κ3) is 5.52. The average Bonchev–Trinajstić information content (AvgIpc) is 3.18. The Balaban J connectivity index is 0.00000306. The summed E-state index contributed by atoms with van der Waals surface area (Å²) >= 11 is 3.43. The van der Waals surface area contributed by atoms with Crippen LogP contribution in [0.5, 0.6) is 0 Å². The predicted molar refractivity (Wildman–Crippen MR) is 134 cm³/mol. The number of rotatable bonds is 5. The summed E-state index contributed by atoms with van der Waals surface area (Å²) in [4.78, 5) is 2.06. The molecule has 0 aliphatic carbocycles. The molecule has 0 amide bonds. The molecule has 0 aliphatic heterocycles. The van der Waals surface area contributed by atoms with Gasteiger partial charge < -0.3 is 9.47 Å². The molecule has 0 saturated heterocycles. The summed E-state index contributed by atoms with van der Waals surface area (Å²) in [7, 11) is 3.97. The first-order valence-electron chi connectivity index (χ1n) is 10.1. The number of para-hydroxylation sites is 1. The summed E-state index contributed by atoms with van der Waals surface area (Å²) in [5, 5.41) is 0. The molecule has 1 heterocycles. The molecule has 0 aliphatic rings. The lowest BCUT2D eigenvalue weighted by Gasteiger charge is -2.20. The molecule has 0 N–H and O–H groups in total. The highest BCUT2D eigenvalue weighted by atomic mass is 79.9. The van der Waals surface area contributed by atoms with Crippen molar-refractivity contribution in [2.45, 2.75) is 12.7 Å². The zero-order chi connectivity index (χ0) is 22.9. The highest BCUT2D eigenvalue weighted by Gasteiger charge is 2.34. The summed E-state index contributed by atoms with van der Waals surface area (Å²) in [6.45, 7) is 0.743. The molecule has 0 radical (unpaired) electrons. The van der Waals surface area contributed by atoms with E-state index in [1.165, 1.54) is 12.1 Å². The zero-order valence-corrected chi connectivity index (χ0v) is 20.5. The van der Waals surface area contributed by atoms with Crippen molar-refractivity contribution in [3.63, 3.8) is 0 Å². The zero-order valence-electron chi connectivity index (χ0n) is 18.1. The standard InChI is InChI=1S/C26H22BrF3N2.ClH/c1-31(2)17-18-6-5-7-20(16-18)24-15-14-23(19-10-12-21(27)13-11-19)32(24)25-9-4-3-8-22(25)26(28,29)30;/h3-16H,17H2,1-2H3;1H. The molecule has 3 aromatic carbocycles. The monoisotopic (exact) mass is 534 g/mol. The minimum absolute atomic E-state index is 0. The largest absolute Gasteiger partial charge is 0.418 e. The van der Waals surface area contributed by atoms with Gasteiger partial charge in [-0.1, -0.05) is 58.4 Å². The van der Waals surface area contributed by atoms with Crippen LogP contribution in [-0.4, -0.2) is 23.6 Å². The number of hydrogen-bond donors (Lipinski definition) is 0. The summed E-state index contributed by atoms with van der Waals surface area (Å²) in [5.41, 5.74) is 3.64. The first-order valence-corrected chi connectivity index (χ1v) is 10.9. The van der Waals surface area contributed by atoms with Crippen LogP contribution in [0.3, 0.4) is 0 Å². The number of nitrogens with zero attached hydrogens (tertiary/aromatic N) is 2. The topological polar surface area (TPSA) is 8.17 Å². The summed E-state index contributed by atoms with van der Waals surface area (Å²) in [6, 6.07) is 25.0. The Morgan fingerprint density at radius 2 is 1.42 bits per heavy atom. The van der Waals surface area contributed by atoms with Crippen molar-refractivity contribution in [2.75, 3.05) is 14.1 Å². The van der Waals surface area contributed by atoms with Crippen LogP contribution < -0.4 is 0 Å². The van der Waals surface area contributed by atoms with Crippen LogP contribution in [0.15, 0.2) is 89.4 Å². The number of aromatic nitrogens is 1.